The van der Waals surface area contributed by atoms with Crippen LogP contribution < -0.4 is 0 Å². The molecule has 0 amide bonds. The van der Waals surface area contributed by atoms with Crippen molar-refractivity contribution in [2.45, 2.75) is 0 Å². The molecule has 2 aromatic rings. The Kier molecular flexibility index (Phi) is 2.70. The van der Waals surface area contributed by atoms with E-state index in [4.69, 9.17) is 0 Å². The molecular weight excluding hydrogens is 227 g/mol. The Hall–Kier alpha value is -1.18. The summed E-state index contributed by atoms with van der Waals surface area (Å²) < 4.78 is 3.92. The molecule has 2 rings (SSSR count). The topological polar surface area (TPSA) is 25.8 Å². The molecule has 3 heteroatoms. The predicted molar refractivity (Wildman–Crippen MR) is 54.3 cm³/mol. The van der Waals surface area contributed by atoms with Crippen LogP contribution in [-0.4, -0.2) is 23.9 Å². The molecule has 0 spiro atoms. The van der Waals surface area contributed by atoms with Crippen molar-refractivity contribution in [1.29, 1.82) is 0 Å². The molecule has 0 atom stereocenters. The molecule has 1 aromatic carbocycles. The first-order valence-electron chi connectivity index (χ1n) is 3.95. The summed E-state index contributed by atoms with van der Waals surface area (Å²) in [6, 6.07) is 10.2. The van der Waals surface area contributed by atoms with Gasteiger partial charge in [-0.25, -0.2) is 0 Å². The van der Waals surface area contributed by atoms with E-state index in [1.54, 1.807) is 0 Å². The van der Waals surface area contributed by atoms with Gasteiger partial charge in [0, 0.05) is 0 Å². The van der Waals surface area contributed by atoms with Crippen LogP contribution in [0.4, 0.5) is 0 Å². The van der Waals surface area contributed by atoms with Crippen molar-refractivity contribution in [3.05, 3.63) is 46.5 Å². The Labute approximate surface area is 82.9 Å². The molecule has 64 valence electrons. The van der Waals surface area contributed by atoms with Crippen molar-refractivity contribution in [2.75, 3.05) is 0 Å². The summed E-state index contributed by atoms with van der Waals surface area (Å²) in [7, 11) is 0. The third-order valence-corrected chi connectivity index (χ3v) is 2.72. The average Bonchev–Trinajstić information content (AvgIpc) is 2.69. The Bertz CT molecular complexity index is 379. The Morgan fingerprint density at radius 2 is 1.92 bits per heavy atom. The molecule has 0 aliphatic carbocycles. The molecule has 2 nitrogen and oxygen atoms in total. The van der Waals surface area contributed by atoms with Crippen molar-refractivity contribution < 1.29 is 0 Å². The second-order valence-corrected chi connectivity index (χ2v) is 3.85. The number of hydrogen-bond donors (Lipinski definition) is 0. The van der Waals surface area contributed by atoms with E-state index in [1.165, 1.54) is 5.56 Å². The van der Waals surface area contributed by atoms with Gasteiger partial charge < -0.3 is 0 Å². The predicted octanol–water partition coefficient (Wildman–Crippen LogP) is 1.70. The average molecular weight is 235 g/mol. The molecule has 0 aliphatic heterocycles. The van der Waals surface area contributed by atoms with Gasteiger partial charge in [0.1, 0.15) is 0 Å². The second-order valence-electron chi connectivity index (χ2n) is 2.57. The summed E-state index contributed by atoms with van der Waals surface area (Å²) in [5, 5.41) is 3.98. The molecule has 0 bridgehead atoms. The van der Waals surface area contributed by atoms with Gasteiger partial charge in [-0.1, -0.05) is 0 Å². The molecule has 13 heavy (non-hydrogen) atoms. The van der Waals surface area contributed by atoms with E-state index in [9.17, 15) is 0 Å². The maximum atomic E-state index is 3.98. The monoisotopic (exact) mass is 236 g/mol. The third-order valence-electron chi connectivity index (χ3n) is 1.62. The summed E-state index contributed by atoms with van der Waals surface area (Å²) in [6.45, 7) is 0. The van der Waals surface area contributed by atoms with E-state index >= 15 is 0 Å². The van der Waals surface area contributed by atoms with Crippen LogP contribution in [0.5, 0.6) is 0 Å². The van der Waals surface area contributed by atoms with Gasteiger partial charge in [-0.3, -0.25) is 0 Å². The first-order valence-corrected chi connectivity index (χ1v) is 5.71. The van der Waals surface area contributed by atoms with Gasteiger partial charge in [0.25, 0.3) is 0 Å². The van der Waals surface area contributed by atoms with Crippen molar-refractivity contribution in [3.63, 3.8) is 0 Å². The van der Waals surface area contributed by atoms with E-state index in [-0.39, 0.29) is 14.7 Å². The fourth-order valence-electron chi connectivity index (χ4n) is 0.990. The number of aromatic nitrogens is 2. The zero-order chi connectivity index (χ0) is 8.93. The van der Waals surface area contributed by atoms with E-state index < -0.39 is 0 Å². The second kappa shape index (κ2) is 4.17. The zero-order valence-electron chi connectivity index (χ0n) is 6.92. The van der Waals surface area contributed by atoms with Gasteiger partial charge in [0.05, 0.1) is 0 Å². The minimum atomic E-state index is 0.233. The molecule has 1 heterocycles. The van der Waals surface area contributed by atoms with Gasteiger partial charge in [-0.2, -0.15) is 0 Å². The summed E-state index contributed by atoms with van der Waals surface area (Å²) in [4.78, 5) is 2.06. The van der Waals surface area contributed by atoms with Crippen LogP contribution in [0.3, 0.4) is 0 Å². The molecule has 1 aromatic heterocycles. The summed E-state index contributed by atoms with van der Waals surface area (Å²) in [6.07, 6.45) is 4.04. The van der Waals surface area contributed by atoms with Crippen molar-refractivity contribution in [3.8, 4) is 0 Å². The van der Waals surface area contributed by atoms with Crippen LogP contribution in [0.15, 0.2) is 35.3 Å². The van der Waals surface area contributed by atoms with Crippen LogP contribution >= 0.6 is 0 Å². The standard InChI is InChI=1S/C10H8N2Se/c1-2-4-9(5-3-1)6-7-10-8-13-12-11-10/h1-8H/b7-6+. The first-order chi connectivity index (χ1) is 6.45. The van der Waals surface area contributed by atoms with Crippen LogP contribution in [0.25, 0.3) is 12.2 Å². The molecule has 0 unspecified atom stereocenters. The fraction of sp³-hybridized carbons (Fsp3) is 0. The molecule has 0 aliphatic rings. The Morgan fingerprint density at radius 1 is 1.08 bits per heavy atom. The quantitative estimate of drug-likeness (QED) is 0.740. The van der Waals surface area contributed by atoms with Gasteiger partial charge in [-0.05, 0) is 0 Å². The van der Waals surface area contributed by atoms with Gasteiger partial charge >= 0.3 is 82.6 Å². The molecule has 0 saturated carbocycles. The van der Waals surface area contributed by atoms with E-state index in [1.807, 2.05) is 30.4 Å². The van der Waals surface area contributed by atoms with Gasteiger partial charge in [-0.15, -0.1) is 0 Å². The fourth-order valence-corrected chi connectivity index (χ4v) is 1.88. The molecule has 0 radical (unpaired) electrons. The molecule has 0 fully saturated rings. The number of rotatable bonds is 2. The van der Waals surface area contributed by atoms with Crippen LogP contribution in [0.1, 0.15) is 11.3 Å². The van der Waals surface area contributed by atoms with E-state index in [0.717, 1.165) is 5.69 Å². The van der Waals surface area contributed by atoms with Gasteiger partial charge in [0.2, 0.25) is 0 Å². The molecule has 0 N–H and O–H groups in total. The third kappa shape index (κ3) is 2.38. The number of benzene rings is 1. The van der Waals surface area contributed by atoms with Crippen molar-refractivity contribution in [2.24, 2.45) is 0 Å². The summed E-state index contributed by atoms with van der Waals surface area (Å²) in [5.41, 5.74) is 2.17. The van der Waals surface area contributed by atoms with Crippen molar-refractivity contribution in [1.82, 2.24) is 9.19 Å². The first kappa shape index (κ1) is 8.42. The van der Waals surface area contributed by atoms with E-state index in [0.29, 0.717) is 0 Å². The number of hydrogen-bond acceptors (Lipinski definition) is 2. The zero-order valence-corrected chi connectivity index (χ0v) is 8.63. The van der Waals surface area contributed by atoms with Crippen LogP contribution in [0.2, 0.25) is 0 Å². The molecular formula is C10H8N2Se. The Morgan fingerprint density at radius 3 is 2.62 bits per heavy atom. The van der Waals surface area contributed by atoms with Crippen molar-refractivity contribution >= 4 is 26.9 Å². The van der Waals surface area contributed by atoms with Gasteiger partial charge in [0.15, 0.2) is 0 Å². The SMILES string of the molecule is C(=C\c1c[se]nn1)/c1ccccc1. The normalized spacial score (nSPS) is 10.8. The van der Waals surface area contributed by atoms with Crippen LogP contribution in [-0.2, 0) is 0 Å². The summed E-state index contributed by atoms with van der Waals surface area (Å²) in [5.74, 6) is 0. The maximum absolute atomic E-state index is 3.98. The molecule has 0 saturated heterocycles. The summed E-state index contributed by atoms with van der Waals surface area (Å²) >= 11 is 0.233. The Balaban J connectivity index is 2.15. The van der Waals surface area contributed by atoms with Crippen LogP contribution in [0, 0.1) is 0 Å². The van der Waals surface area contributed by atoms with E-state index in [2.05, 4.69) is 26.3 Å². The minimum absolute atomic E-state index is 0.233. The number of nitrogens with zero attached hydrogens (tertiary/aromatic N) is 2.